The van der Waals surface area contributed by atoms with Crippen molar-refractivity contribution < 1.29 is 23.9 Å². The maximum atomic E-state index is 13.5. The predicted molar refractivity (Wildman–Crippen MR) is 71.3 cm³/mol. The van der Waals surface area contributed by atoms with E-state index in [2.05, 4.69) is 0 Å². The lowest BCUT2D eigenvalue weighted by molar-refractivity contribution is -0.137. The van der Waals surface area contributed by atoms with Crippen LogP contribution in [-0.4, -0.2) is 33.7 Å². The molecule has 1 aromatic carbocycles. The van der Waals surface area contributed by atoms with Crippen LogP contribution in [0.25, 0.3) is 6.08 Å². The molecule has 0 atom stereocenters. The lowest BCUT2D eigenvalue weighted by Gasteiger charge is -2.09. The number of hydrogen-bond acceptors (Lipinski definition) is 4. The summed E-state index contributed by atoms with van der Waals surface area (Å²) >= 11 is 0.676. The smallest absolute Gasteiger partial charge is 0.305 e. The van der Waals surface area contributed by atoms with E-state index in [1.54, 1.807) is 6.07 Å². The summed E-state index contributed by atoms with van der Waals surface area (Å²) in [6, 6.07) is 5.87. The number of carbonyl (C=O) groups excluding carboxylic acids is 2. The van der Waals surface area contributed by atoms with Crippen molar-refractivity contribution in [3.8, 4) is 0 Å². The first-order valence-electron chi connectivity index (χ1n) is 5.70. The van der Waals surface area contributed by atoms with Gasteiger partial charge in [-0.15, -0.1) is 0 Å². The molecule has 0 spiro atoms. The molecule has 1 fully saturated rings. The zero-order valence-corrected chi connectivity index (χ0v) is 11.0. The number of carboxylic acids is 1. The third-order valence-electron chi connectivity index (χ3n) is 2.61. The molecule has 7 heteroatoms. The third-order valence-corrected chi connectivity index (χ3v) is 3.52. The lowest BCUT2D eigenvalue weighted by atomic mass is 10.2. The molecule has 104 valence electrons. The van der Waals surface area contributed by atoms with Gasteiger partial charge in [0.25, 0.3) is 11.1 Å². The number of hydrogen-bond donors (Lipinski definition) is 1. The quantitative estimate of drug-likeness (QED) is 0.863. The van der Waals surface area contributed by atoms with Crippen LogP contribution in [0.5, 0.6) is 0 Å². The van der Waals surface area contributed by atoms with Crippen LogP contribution >= 0.6 is 11.8 Å². The van der Waals surface area contributed by atoms with E-state index >= 15 is 0 Å². The van der Waals surface area contributed by atoms with Crippen molar-refractivity contribution in [2.45, 2.75) is 6.42 Å². The maximum Gasteiger partial charge on any atom is 0.305 e. The van der Waals surface area contributed by atoms with Gasteiger partial charge in [0.1, 0.15) is 5.82 Å². The Kier molecular flexibility index (Phi) is 4.19. The Balaban J connectivity index is 2.19. The number of carboxylic acid groups (broad SMARTS) is 1. The van der Waals surface area contributed by atoms with Crippen LogP contribution in [0.2, 0.25) is 0 Å². The van der Waals surface area contributed by atoms with Gasteiger partial charge in [-0.3, -0.25) is 19.3 Å². The molecular formula is C13H10FNO4S. The summed E-state index contributed by atoms with van der Waals surface area (Å²) < 4.78 is 13.5. The molecule has 2 amide bonds. The summed E-state index contributed by atoms with van der Waals surface area (Å²) in [5, 5.41) is 8.02. The molecule has 1 aliphatic heterocycles. The van der Waals surface area contributed by atoms with E-state index in [9.17, 15) is 18.8 Å². The zero-order valence-electron chi connectivity index (χ0n) is 10.2. The first-order chi connectivity index (χ1) is 9.49. The number of nitrogens with zero attached hydrogens (tertiary/aromatic N) is 1. The second-order valence-electron chi connectivity index (χ2n) is 4.00. The fourth-order valence-corrected chi connectivity index (χ4v) is 2.49. The van der Waals surface area contributed by atoms with Gasteiger partial charge in [-0.05, 0) is 23.9 Å². The second-order valence-corrected chi connectivity index (χ2v) is 4.99. The molecule has 0 aliphatic carbocycles. The Morgan fingerprint density at radius 2 is 2.05 bits per heavy atom. The molecule has 1 heterocycles. The largest absolute Gasteiger partial charge is 0.481 e. The Hall–Kier alpha value is -2.15. The highest BCUT2D eigenvalue weighted by Gasteiger charge is 2.35. The van der Waals surface area contributed by atoms with Crippen molar-refractivity contribution in [1.82, 2.24) is 4.90 Å². The number of halogens is 1. The third kappa shape index (κ3) is 3.05. The van der Waals surface area contributed by atoms with Crippen LogP contribution in [0.4, 0.5) is 9.18 Å². The molecule has 2 rings (SSSR count). The van der Waals surface area contributed by atoms with Crippen molar-refractivity contribution >= 4 is 35.0 Å². The van der Waals surface area contributed by atoms with E-state index in [1.807, 2.05) is 0 Å². The molecule has 0 aromatic heterocycles. The van der Waals surface area contributed by atoms with E-state index in [0.29, 0.717) is 11.8 Å². The van der Waals surface area contributed by atoms with Gasteiger partial charge in [0, 0.05) is 12.1 Å². The van der Waals surface area contributed by atoms with Crippen LogP contribution in [0.1, 0.15) is 12.0 Å². The average Bonchev–Trinajstić information content (AvgIpc) is 2.65. The first kappa shape index (κ1) is 14.3. The number of amides is 2. The zero-order chi connectivity index (χ0) is 14.7. The molecule has 0 bridgehead atoms. The number of aliphatic carboxylic acids is 1. The van der Waals surface area contributed by atoms with E-state index in [1.165, 1.54) is 24.3 Å². The summed E-state index contributed by atoms with van der Waals surface area (Å²) in [5.41, 5.74) is 0.205. The highest BCUT2D eigenvalue weighted by atomic mass is 32.2. The molecule has 1 saturated heterocycles. The van der Waals surface area contributed by atoms with Gasteiger partial charge in [0.15, 0.2) is 0 Å². The maximum absolute atomic E-state index is 13.5. The summed E-state index contributed by atoms with van der Waals surface area (Å²) in [5.74, 6) is -2.18. The second kappa shape index (κ2) is 5.87. The van der Waals surface area contributed by atoms with Gasteiger partial charge in [0.05, 0.1) is 11.3 Å². The van der Waals surface area contributed by atoms with Crippen molar-refractivity contribution in [3.63, 3.8) is 0 Å². The number of imide groups is 1. The fraction of sp³-hybridized carbons (Fsp3) is 0.154. The Bertz CT molecular complexity index is 614. The molecule has 1 aromatic rings. The predicted octanol–water partition coefficient (Wildman–Crippen LogP) is 2.34. The molecule has 5 nitrogen and oxygen atoms in total. The molecule has 0 unspecified atom stereocenters. The van der Waals surface area contributed by atoms with E-state index in [4.69, 9.17) is 5.11 Å². The van der Waals surface area contributed by atoms with Crippen LogP contribution in [0.3, 0.4) is 0 Å². The summed E-state index contributed by atoms with van der Waals surface area (Å²) in [6.45, 7) is -0.186. The van der Waals surface area contributed by atoms with Gasteiger partial charge < -0.3 is 5.11 Å². The molecule has 1 aliphatic rings. The average molecular weight is 295 g/mol. The summed E-state index contributed by atoms with van der Waals surface area (Å²) in [7, 11) is 0. The lowest BCUT2D eigenvalue weighted by Crippen LogP contribution is -2.30. The highest BCUT2D eigenvalue weighted by Crippen LogP contribution is 2.32. The van der Waals surface area contributed by atoms with Gasteiger partial charge in [-0.2, -0.15) is 0 Å². The van der Waals surface area contributed by atoms with E-state index < -0.39 is 22.9 Å². The van der Waals surface area contributed by atoms with Gasteiger partial charge in [0.2, 0.25) is 0 Å². The van der Waals surface area contributed by atoms with Crippen LogP contribution in [0, 0.1) is 5.82 Å². The highest BCUT2D eigenvalue weighted by molar-refractivity contribution is 8.18. The van der Waals surface area contributed by atoms with Gasteiger partial charge in [-0.25, -0.2) is 4.39 Å². The minimum absolute atomic E-state index is 0.0884. The van der Waals surface area contributed by atoms with Crippen LogP contribution < -0.4 is 0 Å². The molecule has 0 saturated carbocycles. The monoisotopic (exact) mass is 295 g/mol. The topological polar surface area (TPSA) is 74.7 Å². The SMILES string of the molecule is O=C(O)CCN1C(=O)S/C(=C\c2ccccc2F)C1=O. The summed E-state index contributed by atoms with van der Waals surface area (Å²) in [4.78, 5) is 35.0. The normalized spacial score (nSPS) is 17.1. The van der Waals surface area contributed by atoms with E-state index in [0.717, 1.165) is 4.90 Å². The number of thioether (sulfide) groups is 1. The minimum atomic E-state index is -1.10. The van der Waals surface area contributed by atoms with Crippen molar-refractivity contribution in [1.29, 1.82) is 0 Å². The summed E-state index contributed by atoms with van der Waals surface area (Å²) in [6.07, 6.45) is 0.978. The Labute approximate surface area is 118 Å². The van der Waals surface area contributed by atoms with Crippen molar-refractivity contribution in [3.05, 3.63) is 40.6 Å². The number of benzene rings is 1. The number of rotatable bonds is 4. The van der Waals surface area contributed by atoms with Gasteiger partial charge >= 0.3 is 5.97 Å². The first-order valence-corrected chi connectivity index (χ1v) is 6.52. The minimum Gasteiger partial charge on any atom is -0.481 e. The Morgan fingerprint density at radius 1 is 1.35 bits per heavy atom. The van der Waals surface area contributed by atoms with Gasteiger partial charge in [-0.1, -0.05) is 18.2 Å². The van der Waals surface area contributed by atoms with Crippen LogP contribution in [0.15, 0.2) is 29.2 Å². The van der Waals surface area contributed by atoms with Crippen LogP contribution in [-0.2, 0) is 9.59 Å². The number of carbonyl (C=O) groups is 3. The molecule has 1 N–H and O–H groups in total. The standard InChI is InChI=1S/C13H10FNO4S/c14-9-4-2-1-3-8(9)7-10-12(18)15(13(19)20-10)6-5-11(16)17/h1-4,7H,5-6H2,(H,16,17)/b10-7-. The van der Waals surface area contributed by atoms with Crippen molar-refractivity contribution in [2.24, 2.45) is 0 Å². The van der Waals surface area contributed by atoms with Crippen molar-refractivity contribution in [2.75, 3.05) is 6.54 Å². The fourth-order valence-electron chi connectivity index (χ4n) is 1.63. The Morgan fingerprint density at radius 3 is 2.70 bits per heavy atom. The molecule has 20 heavy (non-hydrogen) atoms. The molecular weight excluding hydrogens is 285 g/mol. The molecule has 0 radical (unpaired) electrons. The van der Waals surface area contributed by atoms with E-state index in [-0.39, 0.29) is 23.4 Å².